The molecule has 0 bridgehead atoms. The van der Waals surface area contributed by atoms with E-state index >= 15 is 0 Å². The van der Waals surface area contributed by atoms with Crippen LogP contribution in [0.5, 0.6) is 0 Å². The van der Waals surface area contributed by atoms with E-state index < -0.39 is 11.2 Å². The van der Waals surface area contributed by atoms with Crippen LogP contribution in [0.2, 0.25) is 0 Å². The molecule has 8 nitrogen and oxygen atoms in total. The molecular weight excluding hydrogens is 488 g/mol. The lowest BCUT2D eigenvalue weighted by molar-refractivity contribution is -0.119. The topological polar surface area (TPSA) is 94.9 Å². The first-order chi connectivity index (χ1) is 18.1. The van der Waals surface area contributed by atoms with E-state index in [1.165, 1.54) is 5.01 Å². The highest BCUT2D eigenvalue weighted by Gasteiger charge is 2.44. The van der Waals surface area contributed by atoms with Gasteiger partial charge in [-0.1, -0.05) is 13.0 Å². The second-order valence-electron chi connectivity index (χ2n) is 10.9. The predicted octanol–water partition coefficient (Wildman–Crippen LogP) is 4.99. The first-order valence-corrected chi connectivity index (χ1v) is 12.9. The van der Waals surface area contributed by atoms with Gasteiger partial charge in [0.15, 0.2) is 11.7 Å². The van der Waals surface area contributed by atoms with Gasteiger partial charge in [0.1, 0.15) is 29.0 Å². The van der Waals surface area contributed by atoms with Gasteiger partial charge in [0, 0.05) is 11.6 Å². The van der Waals surface area contributed by atoms with Crippen molar-refractivity contribution in [2.24, 2.45) is 21.9 Å². The second kappa shape index (κ2) is 9.78. The Morgan fingerprint density at radius 3 is 2.87 bits per heavy atom. The minimum Gasteiger partial charge on any atom is -0.367 e. The van der Waals surface area contributed by atoms with Crippen LogP contribution in [0.4, 0.5) is 20.4 Å². The van der Waals surface area contributed by atoms with E-state index in [0.29, 0.717) is 46.9 Å². The van der Waals surface area contributed by atoms with Gasteiger partial charge in [-0.25, -0.2) is 24.4 Å². The van der Waals surface area contributed by atoms with Gasteiger partial charge in [-0.15, -0.1) is 6.42 Å². The zero-order chi connectivity index (χ0) is 27.2. The molecule has 1 fully saturated rings. The molecule has 2 atom stereocenters. The van der Waals surface area contributed by atoms with Crippen molar-refractivity contribution in [1.82, 2.24) is 15.0 Å². The molecule has 0 aromatic carbocycles. The number of allylic oxidation sites excluding steroid dienone is 3. The number of fused-ring (bicyclic) bond motifs is 1. The summed E-state index contributed by atoms with van der Waals surface area (Å²) < 4.78 is 28.4. The molecule has 1 saturated carbocycles. The molecule has 4 aliphatic rings. The van der Waals surface area contributed by atoms with Gasteiger partial charge in [0.2, 0.25) is 5.91 Å². The Balaban J connectivity index is 1.52. The van der Waals surface area contributed by atoms with E-state index in [2.05, 4.69) is 32.6 Å². The van der Waals surface area contributed by atoms with Crippen LogP contribution in [0.3, 0.4) is 0 Å². The van der Waals surface area contributed by atoms with Gasteiger partial charge in [-0.3, -0.25) is 4.79 Å². The van der Waals surface area contributed by atoms with Gasteiger partial charge in [0.25, 0.3) is 0 Å². The Labute approximate surface area is 221 Å². The van der Waals surface area contributed by atoms with Crippen LogP contribution in [0, 0.1) is 24.2 Å². The summed E-state index contributed by atoms with van der Waals surface area (Å²) in [5.74, 6) is 2.98. The van der Waals surface area contributed by atoms with Gasteiger partial charge in [-0.2, -0.15) is 9.49 Å². The highest BCUT2D eigenvalue weighted by molar-refractivity contribution is 6.14. The van der Waals surface area contributed by atoms with Crippen molar-refractivity contribution in [3.8, 4) is 12.3 Å². The first kappa shape index (κ1) is 25.8. The molecule has 2 N–H and O–H groups in total. The lowest BCUT2D eigenvalue weighted by Crippen LogP contribution is -2.29. The molecule has 0 radical (unpaired) electrons. The molecule has 1 amide bonds. The minimum atomic E-state index is -0.832. The second-order valence-corrected chi connectivity index (χ2v) is 10.9. The number of halogens is 2. The molecule has 5 rings (SSSR count). The lowest BCUT2D eigenvalue weighted by atomic mass is 9.87. The van der Waals surface area contributed by atoms with Crippen molar-refractivity contribution in [2.45, 2.75) is 64.8 Å². The summed E-state index contributed by atoms with van der Waals surface area (Å²) in [6.45, 7) is 7.85. The molecule has 1 aromatic heterocycles. The number of aliphatic imine (C=N–C) groups is 1. The van der Waals surface area contributed by atoms with E-state index in [1.54, 1.807) is 6.08 Å². The summed E-state index contributed by atoms with van der Waals surface area (Å²) in [5, 5.41) is 12.6. The normalized spacial score (nSPS) is 24.3. The highest BCUT2D eigenvalue weighted by Crippen LogP contribution is 2.42. The third-order valence-corrected chi connectivity index (χ3v) is 7.41. The maximum Gasteiger partial charge on any atom is 0.235 e. The van der Waals surface area contributed by atoms with Crippen LogP contribution in [0.1, 0.15) is 64.8 Å². The zero-order valence-corrected chi connectivity index (χ0v) is 22.0. The van der Waals surface area contributed by atoms with Crippen LogP contribution >= 0.6 is 0 Å². The zero-order valence-electron chi connectivity index (χ0n) is 22.0. The monoisotopic (exact) mass is 519 g/mol. The molecule has 198 valence electrons. The van der Waals surface area contributed by atoms with Crippen molar-refractivity contribution in [2.75, 3.05) is 17.2 Å². The fraction of sp³-hybridized carbons (Fsp3) is 0.464. The number of rotatable bonds is 7. The van der Waals surface area contributed by atoms with E-state index in [4.69, 9.17) is 11.4 Å². The summed E-state index contributed by atoms with van der Waals surface area (Å²) in [7, 11) is 0. The Bertz CT molecular complexity index is 1380. The van der Waals surface area contributed by atoms with Crippen LogP contribution < -0.4 is 10.6 Å². The molecule has 1 unspecified atom stereocenters. The summed E-state index contributed by atoms with van der Waals surface area (Å²) >= 11 is 0. The summed E-state index contributed by atoms with van der Waals surface area (Å²) in [6, 6.07) is 0.180. The molecule has 0 spiro atoms. The molecule has 2 aliphatic carbocycles. The van der Waals surface area contributed by atoms with Gasteiger partial charge < -0.3 is 10.6 Å². The number of hydrogen-bond donors (Lipinski definition) is 2. The van der Waals surface area contributed by atoms with E-state index in [0.717, 1.165) is 24.6 Å². The fourth-order valence-corrected chi connectivity index (χ4v) is 4.85. The predicted molar refractivity (Wildman–Crippen MR) is 144 cm³/mol. The lowest BCUT2D eigenvalue weighted by Gasteiger charge is -2.22. The molecule has 2 aliphatic heterocycles. The van der Waals surface area contributed by atoms with Gasteiger partial charge in [0.05, 0.1) is 30.1 Å². The molecule has 3 heterocycles. The van der Waals surface area contributed by atoms with Crippen molar-refractivity contribution >= 4 is 29.1 Å². The van der Waals surface area contributed by atoms with Crippen LogP contribution in [0.15, 0.2) is 45.7 Å². The van der Waals surface area contributed by atoms with E-state index in [1.807, 2.05) is 32.8 Å². The number of hydrazone groups is 1. The number of nitrogens with one attached hydrogen (secondary N) is 2. The maximum absolute atomic E-state index is 14.7. The molecule has 38 heavy (non-hydrogen) atoms. The quantitative estimate of drug-likeness (QED) is 0.495. The number of terminal acetylenes is 1. The number of amidine groups is 1. The smallest absolute Gasteiger partial charge is 0.235 e. The number of carbonyl (C=O) groups is 1. The third-order valence-electron chi connectivity index (χ3n) is 7.41. The number of hydrogen-bond acceptors (Lipinski definition) is 6. The number of carbonyl (C=O) groups excluding carboxylic acids is 1. The summed E-state index contributed by atoms with van der Waals surface area (Å²) in [6.07, 6.45) is 12.7. The average Bonchev–Trinajstić information content (AvgIpc) is 3.60. The third kappa shape index (κ3) is 4.97. The first-order valence-electron chi connectivity index (χ1n) is 12.9. The Kier molecular flexibility index (Phi) is 6.63. The van der Waals surface area contributed by atoms with E-state index in [9.17, 15) is 13.6 Å². The van der Waals surface area contributed by atoms with Crippen molar-refractivity contribution in [1.29, 1.82) is 0 Å². The Hall–Kier alpha value is -3.87. The SMILES string of the molecule is C#C/C(F)=C\N=C1CC(c2nc3c(c(N[C@H](C)C4CC4)n2)C(C)(C)C(=O)N3)=NN1CC1=CCC(C)C=C1F. The molecule has 0 saturated heterocycles. The van der Waals surface area contributed by atoms with Crippen molar-refractivity contribution < 1.29 is 13.6 Å². The molecule has 10 heteroatoms. The largest absolute Gasteiger partial charge is 0.367 e. The van der Waals surface area contributed by atoms with E-state index in [-0.39, 0.29) is 36.7 Å². The minimum absolute atomic E-state index is 0.111. The number of nitrogens with zero attached hydrogens (tertiary/aromatic N) is 5. The van der Waals surface area contributed by atoms with Gasteiger partial charge >= 0.3 is 0 Å². The standard InChI is InChI=1S/C28H31F2N7O/c1-6-19(29)13-31-22-12-21(36-37(22)14-18-8-7-15(2)11-20(18)30)24-33-25(32-16(3)17-9-10-17)23-26(34-24)35-27(38)28(23,4)5/h1,8,11,13,15-17H,7,9-10,12,14H2,2-5H3,(H2,32,33,34,35,38)/b19-13+,31-22?/t15?,16-/m1/s1. The van der Waals surface area contributed by atoms with Crippen LogP contribution in [0.25, 0.3) is 0 Å². The Morgan fingerprint density at radius 1 is 1.42 bits per heavy atom. The van der Waals surface area contributed by atoms with Crippen molar-refractivity contribution in [3.05, 3.63) is 47.0 Å². The van der Waals surface area contributed by atoms with Gasteiger partial charge in [-0.05, 0) is 63.9 Å². The average molecular weight is 520 g/mol. The number of anilines is 2. The maximum atomic E-state index is 14.7. The molecular formula is C28H31F2N7O. The fourth-order valence-electron chi connectivity index (χ4n) is 4.85. The van der Waals surface area contributed by atoms with Crippen molar-refractivity contribution in [3.63, 3.8) is 0 Å². The Morgan fingerprint density at radius 2 is 2.18 bits per heavy atom. The van der Waals surface area contributed by atoms with Crippen LogP contribution in [-0.4, -0.2) is 45.0 Å². The number of aromatic nitrogens is 2. The summed E-state index contributed by atoms with van der Waals surface area (Å²) in [5.41, 5.74) is 0.862. The van der Waals surface area contributed by atoms with Crippen LogP contribution in [-0.2, 0) is 10.2 Å². The highest BCUT2D eigenvalue weighted by atomic mass is 19.1. The molecule has 1 aromatic rings. The summed E-state index contributed by atoms with van der Waals surface area (Å²) in [4.78, 5) is 26.4. The number of amides is 1.